The number of nitrogens with one attached hydrogen (secondary N) is 1. The van der Waals surface area contributed by atoms with Crippen molar-refractivity contribution in [2.75, 3.05) is 18.1 Å². The lowest BCUT2D eigenvalue weighted by atomic mass is 9.84. The van der Waals surface area contributed by atoms with Gasteiger partial charge in [-0.2, -0.15) is 11.8 Å². The second kappa shape index (κ2) is 5.38. The minimum absolute atomic E-state index is 0.246. The molecule has 1 fully saturated rings. The summed E-state index contributed by atoms with van der Waals surface area (Å²) in [5.41, 5.74) is 0.246. The maximum Gasteiger partial charge on any atom is 0.0446 e. The van der Waals surface area contributed by atoms with Crippen molar-refractivity contribution in [3.63, 3.8) is 0 Å². The summed E-state index contributed by atoms with van der Waals surface area (Å²) in [6.07, 6.45) is 2.15. The van der Waals surface area contributed by atoms with Crippen LogP contribution in [-0.4, -0.2) is 35.3 Å². The van der Waals surface area contributed by atoms with E-state index in [0.717, 1.165) is 6.42 Å². The molecule has 84 valence electrons. The van der Waals surface area contributed by atoms with Gasteiger partial charge in [-0.1, -0.05) is 20.8 Å². The van der Waals surface area contributed by atoms with E-state index in [0.29, 0.717) is 12.1 Å². The zero-order valence-electron chi connectivity index (χ0n) is 9.55. The van der Waals surface area contributed by atoms with E-state index >= 15 is 0 Å². The molecule has 3 heteroatoms. The Morgan fingerprint density at radius 1 is 1.50 bits per heavy atom. The molecular formula is C11H23NOS. The minimum atomic E-state index is 0.246. The Bertz CT molecular complexity index is 161. The first kappa shape index (κ1) is 12.3. The lowest BCUT2D eigenvalue weighted by molar-refractivity contribution is 0.188. The van der Waals surface area contributed by atoms with E-state index in [-0.39, 0.29) is 12.0 Å². The van der Waals surface area contributed by atoms with Crippen LogP contribution in [0.15, 0.2) is 0 Å². The second-order valence-corrected chi connectivity index (χ2v) is 6.31. The summed E-state index contributed by atoms with van der Waals surface area (Å²) < 4.78 is 0. The highest BCUT2D eigenvalue weighted by Gasteiger charge is 2.27. The third-order valence-corrected chi connectivity index (χ3v) is 3.99. The van der Waals surface area contributed by atoms with Gasteiger partial charge in [-0.15, -0.1) is 0 Å². The van der Waals surface area contributed by atoms with Gasteiger partial charge in [0, 0.05) is 24.4 Å². The third kappa shape index (κ3) is 3.79. The summed E-state index contributed by atoms with van der Waals surface area (Å²) >= 11 is 2.03. The van der Waals surface area contributed by atoms with Crippen LogP contribution in [0.5, 0.6) is 0 Å². The van der Waals surface area contributed by atoms with E-state index in [1.54, 1.807) is 0 Å². The van der Waals surface area contributed by atoms with Crippen molar-refractivity contribution in [3.8, 4) is 0 Å². The Hall–Kier alpha value is 0.270. The Balaban J connectivity index is 2.41. The molecule has 1 aliphatic heterocycles. The molecule has 1 aliphatic rings. The normalized spacial score (nSPS) is 25.3. The van der Waals surface area contributed by atoms with Crippen LogP contribution in [0.3, 0.4) is 0 Å². The van der Waals surface area contributed by atoms with Crippen LogP contribution in [-0.2, 0) is 0 Å². The average molecular weight is 217 g/mol. The van der Waals surface area contributed by atoms with Crippen molar-refractivity contribution >= 4 is 11.8 Å². The summed E-state index contributed by atoms with van der Waals surface area (Å²) in [6.45, 7) is 7.00. The molecule has 0 aromatic carbocycles. The lowest BCUT2D eigenvalue weighted by Crippen LogP contribution is -2.46. The van der Waals surface area contributed by atoms with Crippen LogP contribution in [0.4, 0.5) is 0 Å². The van der Waals surface area contributed by atoms with Crippen molar-refractivity contribution in [1.82, 2.24) is 5.32 Å². The fourth-order valence-corrected chi connectivity index (χ4v) is 3.01. The molecule has 14 heavy (non-hydrogen) atoms. The van der Waals surface area contributed by atoms with Gasteiger partial charge in [0.2, 0.25) is 0 Å². The van der Waals surface area contributed by atoms with Gasteiger partial charge in [0.25, 0.3) is 0 Å². The number of hydrogen-bond acceptors (Lipinski definition) is 3. The molecule has 0 amide bonds. The highest BCUT2D eigenvalue weighted by Crippen LogP contribution is 2.25. The zero-order chi connectivity index (χ0) is 10.6. The van der Waals surface area contributed by atoms with Gasteiger partial charge in [-0.05, 0) is 24.0 Å². The number of hydrogen-bond donors (Lipinski definition) is 2. The Labute approximate surface area is 91.9 Å². The van der Waals surface area contributed by atoms with Crippen molar-refractivity contribution in [1.29, 1.82) is 0 Å². The van der Waals surface area contributed by atoms with Gasteiger partial charge < -0.3 is 10.4 Å². The topological polar surface area (TPSA) is 32.3 Å². The van der Waals surface area contributed by atoms with Gasteiger partial charge in [-0.25, -0.2) is 0 Å². The van der Waals surface area contributed by atoms with E-state index in [9.17, 15) is 0 Å². The molecule has 1 heterocycles. The van der Waals surface area contributed by atoms with Gasteiger partial charge in [0.1, 0.15) is 0 Å². The molecule has 2 N–H and O–H groups in total. The smallest absolute Gasteiger partial charge is 0.0446 e. The first-order valence-electron chi connectivity index (χ1n) is 5.48. The molecule has 2 unspecified atom stereocenters. The van der Waals surface area contributed by atoms with E-state index in [2.05, 4.69) is 26.1 Å². The van der Waals surface area contributed by atoms with E-state index in [4.69, 9.17) is 5.11 Å². The number of thioether (sulfide) groups is 1. The minimum Gasteiger partial charge on any atom is -0.396 e. The van der Waals surface area contributed by atoms with Crippen LogP contribution in [0.2, 0.25) is 0 Å². The average Bonchev–Trinajstić information content (AvgIpc) is 2.54. The van der Waals surface area contributed by atoms with E-state index in [1.807, 2.05) is 11.8 Å². The molecule has 0 saturated carbocycles. The zero-order valence-corrected chi connectivity index (χ0v) is 10.4. The van der Waals surface area contributed by atoms with Crippen molar-refractivity contribution in [2.24, 2.45) is 5.41 Å². The first-order valence-corrected chi connectivity index (χ1v) is 6.64. The third-order valence-electron chi connectivity index (χ3n) is 2.83. The maximum atomic E-state index is 9.03. The van der Waals surface area contributed by atoms with Gasteiger partial charge in [-0.3, -0.25) is 0 Å². The van der Waals surface area contributed by atoms with Crippen molar-refractivity contribution < 1.29 is 5.11 Å². The molecule has 0 spiro atoms. The summed E-state index contributed by atoms with van der Waals surface area (Å²) in [4.78, 5) is 0. The molecule has 1 rings (SSSR count). The van der Waals surface area contributed by atoms with Crippen LogP contribution in [0, 0.1) is 5.41 Å². The molecule has 2 atom stereocenters. The number of rotatable bonds is 4. The van der Waals surface area contributed by atoms with Crippen LogP contribution in [0.25, 0.3) is 0 Å². The highest BCUT2D eigenvalue weighted by molar-refractivity contribution is 7.99. The fourth-order valence-electron chi connectivity index (χ4n) is 1.85. The van der Waals surface area contributed by atoms with E-state index in [1.165, 1.54) is 17.9 Å². The molecule has 0 aromatic rings. The highest BCUT2D eigenvalue weighted by atomic mass is 32.2. The molecule has 0 aromatic heterocycles. The fraction of sp³-hybridized carbons (Fsp3) is 1.00. The summed E-state index contributed by atoms with van der Waals surface area (Å²) in [5, 5.41) is 12.7. The predicted octanol–water partition coefficient (Wildman–Crippen LogP) is 1.88. The largest absolute Gasteiger partial charge is 0.396 e. The Kier molecular flexibility index (Phi) is 4.74. The monoisotopic (exact) mass is 217 g/mol. The second-order valence-electron chi connectivity index (χ2n) is 5.16. The Morgan fingerprint density at radius 3 is 2.64 bits per heavy atom. The maximum absolute atomic E-state index is 9.03. The van der Waals surface area contributed by atoms with Gasteiger partial charge in [0.15, 0.2) is 0 Å². The standard InChI is InChI=1S/C11H23NOS/c1-11(2,3)10(4-6-13)12-9-5-7-14-8-9/h9-10,12-13H,4-8H2,1-3H3. The number of aliphatic hydroxyl groups excluding tert-OH is 1. The van der Waals surface area contributed by atoms with Crippen LogP contribution < -0.4 is 5.32 Å². The summed E-state index contributed by atoms with van der Waals surface area (Å²) in [7, 11) is 0. The van der Waals surface area contributed by atoms with Gasteiger partial charge in [0.05, 0.1) is 0 Å². The molecule has 0 bridgehead atoms. The van der Waals surface area contributed by atoms with Crippen molar-refractivity contribution in [2.45, 2.75) is 45.7 Å². The quantitative estimate of drug-likeness (QED) is 0.754. The SMILES string of the molecule is CC(C)(C)C(CCO)NC1CCSC1. The van der Waals surface area contributed by atoms with Crippen LogP contribution in [0.1, 0.15) is 33.6 Å². The van der Waals surface area contributed by atoms with E-state index < -0.39 is 0 Å². The molecule has 0 aliphatic carbocycles. The predicted molar refractivity (Wildman–Crippen MR) is 63.8 cm³/mol. The summed E-state index contributed by atoms with van der Waals surface area (Å²) in [6, 6.07) is 1.10. The molecule has 1 saturated heterocycles. The van der Waals surface area contributed by atoms with Crippen LogP contribution >= 0.6 is 11.8 Å². The van der Waals surface area contributed by atoms with Crippen molar-refractivity contribution in [3.05, 3.63) is 0 Å². The molecular weight excluding hydrogens is 194 g/mol. The number of aliphatic hydroxyl groups is 1. The lowest BCUT2D eigenvalue weighted by Gasteiger charge is -2.33. The molecule has 0 radical (unpaired) electrons. The molecule has 2 nitrogen and oxygen atoms in total. The summed E-state index contributed by atoms with van der Waals surface area (Å²) in [5.74, 6) is 2.52. The first-order chi connectivity index (χ1) is 6.54. The Morgan fingerprint density at radius 2 is 2.21 bits per heavy atom. The van der Waals surface area contributed by atoms with Gasteiger partial charge >= 0.3 is 0 Å².